The summed E-state index contributed by atoms with van der Waals surface area (Å²) in [5.74, 6) is -2.66. The van der Waals surface area contributed by atoms with Crippen LogP contribution in [0.5, 0.6) is 0 Å². The Labute approximate surface area is 309 Å². The van der Waals surface area contributed by atoms with Crippen molar-refractivity contribution in [3.05, 3.63) is 71.8 Å². The first-order valence-electron chi connectivity index (χ1n) is 19.3. The summed E-state index contributed by atoms with van der Waals surface area (Å²) in [6.07, 6.45) is 9.59. The molecular weight excluding hydrogens is 656 g/mol. The summed E-state index contributed by atoms with van der Waals surface area (Å²) >= 11 is 0. The topological polar surface area (TPSA) is 191 Å². The van der Waals surface area contributed by atoms with Crippen molar-refractivity contribution in [1.82, 2.24) is 15.5 Å². The summed E-state index contributed by atoms with van der Waals surface area (Å²) in [4.78, 5) is 71.2. The number of amides is 2. The van der Waals surface area contributed by atoms with E-state index in [2.05, 4.69) is 10.6 Å². The van der Waals surface area contributed by atoms with Gasteiger partial charge in [-0.05, 0) is 88.4 Å². The first-order valence-corrected chi connectivity index (χ1v) is 19.3. The van der Waals surface area contributed by atoms with Crippen LogP contribution in [0, 0.1) is 11.8 Å². The maximum absolute atomic E-state index is 14.7. The van der Waals surface area contributed by atoms with Gasteiger partial charge in [-0.25, -0.2) is 0 Å². The van der Waals surface area contributed by atoms with Gasteiger partial charge < -0.3 is 37.5 Å². The molecule has 1 saturated heterocycles. The molecule has 2 fully saturated rings. The molecule has 1 aliphatic carbocycles. The standard InChI is InChI=1S/C41H60N6O5/c1-45-35(27-31-18-9-4-10-19-31)39(51)46-34(20-11-12-24-42)40(52)47-25-13-21-36(47)37(49)32(23-22-29-14-5-2-6-15-29)41(44,28-48)38(50)33(43)26-30-16-7-3-8-17-30/h2,4-6,9-10,14-15,18-19,28,30,32-36,45H,3,7-8,11-13,16-17,20-27,42-44H2,1H3,(H,46,51)/t32?,33-,34+,35+,36+,41?/m1/s1. The highest BCUT2D eigenvalue weighted by Crippen LogP contribution is 2.32. The number of likely N-dealkylation sites (tertiary alicyclic amines) is 1. The molecule has 1 heterocycles. The summed E-state index contributed by atoms with van der Waals surface area (Å²) in [7, 11) is 1.71. The van der Waals surface area contributed by atoms with Gasteiger partial charge >= 0.3 is 0 Å². The molecule has 2 aliphatic rings. The minimum atomic E-state index is -2.15. The van der Waals surface area contributed by atoms with E-state index >= 15 is 0 Å². The number of unbranched alkanes of at least 4 members (excludes halogenated alkanes) is 1. The highest BCUT2D eigenvalue weighted by molar-refractivity contribution is 6.10. The number of hydrogen-bond acceptors (Lipinski definition) is 9. The van der Waals surface area contributed by atoms with Crippen LogP contribution >= 0.6 is 0 Å². The van der Waals surface area contributed by atoms with Gasteiger partial charge in [0.2, 0.25) is 11.8 Å². The molecule has 11 nitrogen and oxygen atoms in total. The molecule has 1 aliphatic heterocycles. The van der Waals surface area contributed by atoms with Crippen LogP contribution < -0.4 is 27.8 Å². The van der Waals surface area contributed by atoms with Gasteiger partial charge in [0.05, 0.1) is 24.0 Å². The number of Topliss-reactive ketones (excluding diaryl/α,β-unsaturated/α-hetero) is 2. The number of nitrogens with zero attached hydrogens (tertiary/aromatic N) is 1. The first-order chi connectivity index (χ1) is 25.1. The van der Waals surface area contributed by atoms with E-state index in [1.165, 1.54) is 4.90 Å². The summed E-state index contributed by atoms with van der Waals surface area (Å²) in [5.41, 5.74) is 18.8. The zero-order valence-electron chi connectivity index (χ0n) is 30.8. The molecule has 0 bridgehead atoms. The fourth-order valence-electron chi connectivity index (χ4n) is 8.05. The Bertz CT molecular complexity index is 1450. The molecule has 8 N–H and O–H groups in total. The maximum atomic E-state index is 14.7. The van der Waals surface area contributed by atoms with Gasteiger partial charge in [0.15, 0.2) is 11.6 Å². The van der Waals surface area contributed by atoms with E-state index in [1.807, 2.05) is 60.7 Å². The van der Waals surface area contributed by atoms with E-state index in [0.29, 0.717) is 70.7 Å². The fourth-order valence-corrected chi connectivity index (χ4v) is 8.05. The molecule has 0 spiro atoms. The van der Waals surface area contributed by atoms with Crippen molar-refractivity contribution in [3.63, 3.8) is 0 Å². The molecule has 2 aromatic rings. The molecule has 2 aromatic carbocycles. The zero-order chi connectivity index (χ0) is 37.5. The van der Waals surface area contributed by atoms with E-state index in [0.717, 1.165) is 43.2 Å². The first kappa shape index (κ1) is 41.0. The number of aldehydes is 1. The molecule has 6 atom stereocenters. The summed E-state index contributed by atoms with van der Waals surface area (Å²) in [5, 5.41) is 6.05. The third-order valence-electron chi connectivity index (χ3n) is 11.1. The van der Waals surface area contributed by atoms with Crippen molar-refractivity contribution >= 4 is 29.7 Å². The Balaban J connectivity index is 1.58. The van der Waals surface area contributed by atoms with E-state index < -0.39 is 47.2 Å². The normalized spacial score (nSPS) is 19.9. The van der Waals surface area contributed by atoms with Gasteiger partial charge in [-0.3, -0.25) is 19.2 Å². The van der Waals surface area contributed by atoms with E-state index in [-0.39, 0.29) is 24.2 Å². The third-order valence-corrected chi connectivity index (χ3v) is 11.1. The zero-order valence-corrected chi connectivity index (χ0v) is 30.8. The van der Waals surface area contributed by atoms with Crippen molar-refractivity contribution in [1.29, 1.82) is 0 Å². The number of ketones is 2. The minimum absolute atomic E-state index is 0.137. The lowest BCUT2D eigenvalue weighted by Gasteiger charge is -2.37. The molecular formula is C41H60N6O5. The van der Waals surface area contributed by atoms with Crippen LogP contribution in [0.25, 0.3) is 0 Å². The van der Waals surface area contributed by atoms with Gasteiger partial charge in [-0.2, -0.15) is 0 Å². The van der Waals surface area contributed by atoms with Crippen molar-refractivity contribution in [2.75, 3.05) is 20.1 Å². The van der Waals surface area contributed by atoms with Crippen LogP contribution in [0.2, 0.25) is 0 Å². The van der Waals surface area contributed by atoms with Gasteiger partial charge in [0.25, 0.3) is 0 Å². The number of carbonyl (C=O) groups is 5. The monoisotopic (exact) mass is 716 g/mol. The summed E-state index contributed by atoms with van der Waals surface area (Å²) in [6, 6.07) is 15.8. The molecule has 0 aromatic heterocycles. The number of nitrogens with two attached hydrogens (primary N) is 3. The van der Waals surface area contributed by atoms with Crippen LogP contribution in [0.1, 0.15) is 88.2 Å². The van der Waals surface area contributed by atoms with Gasteiger partial charge in [-0.1, -0.05) is 92.8 Å². The number of aryl methyl sites for hydroxylation is 1. The van der Waals surface area contributed by atoms with Crippen LogP contribution in [0.3, 0.4) is 0 Å². The fraction of sp³-hybridized carbons (Fsp3) is 0.585. The Morgan fingerprint density at radius 2 is 1.54 bits per heavy atom. The Morgan fingerprint density at radius 1 is 0.885 bits per heavy atom. The maximum Gasteiger partial charge on any atom is 0.245 e. The van der Waals surface area contributed by atoms with Gasteiger partial charge in [0.1, 0.15) is 17.9 Å². The van der Waals surface area contributed by atoms with Crippen molar-refractivity contribution in [2.45, 2.75) is 120 Å². The van der Waals surface area contributed by atoms with Crippen molar-refractivity contribution in [2.24, 2.45) is 29.0 Å². The molecule has 1 saturated carbocycles. The third kappa shape index (κ3) is 10.9. The number of rotatable bonds is 21. The predicted octanol–water partition coefficient (Wildman–Crippen LogP) is 3.00. The van der Waals surface area contributed by atoms with E-state index in [4.69, 9.17) is 17.2 Å². The highest BCUT2D eigenvalue weighted by atomic mass is 16.2. The van der Waals surface area contributed by atoms with E-state index in [1.54, 1.807) is 7.05 Å². The second kappa shape index (κ2) is 20.5. The molecule has 11 heteroatoms. The second-order valence-corrected chi connectivity index (χ2v) is 14.8. The molecule has 52 heavy (non-hydrogen) atoms. The number of carbonyl (C=O) groups excluding carboxylic acids is 5. The molecule has 0 radical (unpaired) electrons. The summed E-state index contributed by atoms with van der Waals surface area (Å²) < 4.78 is 0. The van der Waals surface area contributed by atoms with Crippen LogP contribution in [0.4, 0.5) is 0 Å². The smallest absolute Gasteiger partial charge is 0.245 e. The van der Waals surface area contributed by atoms with Crippen LogP contribution in [-0.2, 0) is 36.8 Å². The lowest BCUT2D eigenvalue weighted by molar-refractivity contribution is -0.145. The average Bonchev–Trinajstić information content (AvgIpc) is 3.67. The Hall–Kier alpha value is -3.77. The number of likely N-dealkylation sites (N-methyl/N-ethyl adjacent to an activating group) is 1. The van der Waals surface area contributed by atoms with Crippen molar-refractivity contribution in [3.8, 4) is 0 Å². The lowest BCUT2D eigenvalue weighted by Crippen LogP contribution is -2.65. The van der Waals surface area contributed by atoms with E-state index in [9.17, 15) is 24.0 Å². The largest absolute Gasteiger partial charge is 0.343 e. The highest BCUT2D eigenvalue weighted by Gasteiger charge is 2.51. The van der Waals surface area contributed by atoms with Crippen molar-refractivity contribution < 1.29 is 24.0 Å². The minimum Gasteiger partial charge on any atom is -0.343 e. The predicted molar refractivity (Wildman–Crippen MR) is 203 cm³/mol. The van der Waals surface area contributed by atoms with Gasteiger partial charge in [0, 0.05) is 6.54 Å². The number of nitrogens with one attached hydrogen (secondary N) is 2. The number of hydrogen-bond donors (Lipinski definition) is 5. The SMILES string of the molecule is CN[C@@H](Cc1ccccc1)C(=O)N[C@@H](CCCCN)C(=O)N1CCC[C@H]1C(=O)C(CCc1ccccc1)C(N)(C=O)C(=O)[C@H](N)CC1CCCCC1. The van der Waals surface area contributed by atoms with Gasteiger partial charge in [-0.15, -0.1) is 0 Å². The Morgan fingerprint density at radius 3 is 2.15 bits per heavy atom. The summed E-state index contributed by atoms with van der Waals surface area (Å²) in [6.45, 7) is 0.744. The number of benzene rings is 2. The second-order valence-electron chi connectivity index (χ2n) is 14.8. The van der Waals surface area contributed by atoms with Crippen LogP contribution in [0.15, 0.2) is 60.7 Å². The molecule has 4 rings (SSSR count). The lowest BCUT2D eigenvalue weighted by atomic mass is 9.71. The van der Waals surface area contributed by atoms with Crippen LogP contribution in [-0.4, -0.2) is 84.4 Å². The average molecular weight is 717 g/mol. The molecule has 2 amide bonds. The molecule has 284 valence electrons. The quantitative estimate of drug-likeness (QED) is 0.0735. The Kier molecular flexibility index (Phi) is 16.1. The molecule has 2 unspecified atom stereocenters.